The van der Waals surface area contributed by atoms with Gasteiger partial charge in [0, 0.05) is 6.42 Å². The van der Waals surface area contributed by atoms with Gasteiger partial charge in [-0.3, -0.25) is 4.79 Å². The number of hydrogen-bond donors (Lipinski definition) is 1. The Bertz CT molecular complexity index is 330. The number of carbonyl (C=O) groups excluding carboxylic acids is 1. The third-order valence-electron chi connectivity index (χ3n) is 2.80. The molecule has 0 radical (unpaired) electrons. The van der Waals surface area contributed by atoms with Gasteiger partial charge in [0.15, 0.2) is 5.78 Å². The summed E-state index contributed by atoms with van der Waals surface area (Å²) >= 11 is 0. The molecule has 0 aliphatic rings. The average Bonchev–Trinajstić information content (AvgIpc) is 2.27. The molecule has 0 aliphatic heterocycles. The first-order chi connectivity index (χ1) is 7.56. The van der Waals surface area contributed by atoms with Crippen LogP contribution in [0.2, 0.25) is 0 Å². The summed E-state index contributed by atoms with van der Waals surface area (Å²) in [6, 6.07) is 10.1. The summed E-state index contributed by atoms with van der Waals surface area (Å²) in [6.07, 6.45) is 1.43. The molecular weight excluding hydrogens is 198 g/mol. The van der Waals surface area contributed by atoms with Gasteiger partial charge in [-0.15, -0.1) is 0 Å². The van der Waals surface area contributed by atoms with Crippen molar-refractivity contribution in [2.45, 2.75) is 39.2 Å². The molecule has 0 spiro atoms. The molecule has 0 aliphatic carbocycles. The Morgan fingerprint density at radius 3 is 2.44 bits per heavy atom. The second-order valence-corrected chi connectivity index (χ2v) is 4.56. The molecule has 0 saturated heterocycles. The summed E-state index contributed by atoms with van der Waals surface area (Å²) < 4.78 is 0. The molecule has 1 aromatic carbocycles. The topological polar surface area (TPSA) is 29.1 Å². The number of likely N-dealkylation sites (N-methyl/N-ethyl adjacent to an activating group) is 1. The largest absolute Gasteiger partial charge is 0.306 e. The minimum Gasteiger partial charge on any atom is -0.306 e. The van der Waals surface area contributed by atoms with Crippen molar-refractivity contribution in [1.82, 2.24) is 5.32 Å². The molecule has 0 unspecified atom stereocenters. The van der Waals surface area contributed by atoms with Gasteiger partial charge in [0.2, 0.25) is 0 Å². The van der Waals surface area contributed by atoms with Crippen molar-refractivity contribution in [2.75, 3.05) is 6.54 Å². The molecule has 0 atom stereocenters. The lowest BCUT2D eigenvalue weighted by molar-refractivity contribution is -0.124. The first-order valence-electron chi connectivity index (χ1n) is 5.88. The Morgan fingerprint density at radius 1 is 1.25 bits per heavy atom. The zero-order chi connectivity index (χ0) is 12.0. The van der Waals surface area contributed by atoms with Gasteiger partial charge in [-0.2, -0.15) is 0 Å². The highest BCUT2D eigenvalue weighted by molar-refractivity contribution is 5.87. The smallest absolute Gasteiger partial charge is 0.152 e. The average molecular weight is 219 g/mol. The zero-order valence-corrected chi connectivity index (χ0v) is 10.4. The van der Waals surface area contributed by atoms with Gasteiger partial charge in [0.1, 0.15) is 0 Å². The van der Waals surface area contributed by atoms with Gasteiger partial charge in [-0.05, 0) is 32.4 Å². The minimum absolute atomic E-state index is 0.276. The van der Waals surface area contributed by atoms with E-state index < -0.39 is 5.54 Å². The van der Waals surface area contributed by atoms with Crippen LogP contribution < -0.4 is 5.32 Å². The lowest BCUT2D eigenvalue weighted by Gasteiger charge is -2.24. The quantitative estimate of drug-likeness (QED) is 0.796. The van der Waals surface area contributed by atoms with Crippen molar-refractivity contribution in [3.63, 3.8) is 0 Å². The van der Waals surface area contributed by atoms with E-state index in [-0.39, 0.29) is 5.78 Å². The second kappa shape index (κ2) is 5.80. The number of aryl methyl sites for hydroxylation is 1. The third kappa shape index (κ3) is 3.78. The highest BCUT2D eigenvalue weighted by Crippen LogP contribution is 2.10. The van der Waals surface area contributed by atoms with Crippen LogP contribution in [0.4, 0.5) is 0 Å². The highest BCUT2D eigenvalue weighted by Gasteiger charge is 2.24. The molecule has 0 fully saturated rings. The van der Waals surface area contributed by atoms with Crippen LogP contribution in [-0.4, -0.2) is 17.9 Å². The Balaban J connectivity index is 2.47. The predicted octanol–water partition coefficient (Wildman–Crippen LogP) is 2.58. The molecule has 1 rings (SSSR count). The van der Waals surface area contributed by atoms with Crippen molar-refractivity contribution in [1.29, 1.82) is 0 Å². The number of ketones is 1. The Morgan fingerprint density at radius 2 is 1.88 bits per heavy atom. The zero-order valence-electron chi connectivity index (χ0n) is 10.4. The van der Waals surface area contributed by atoms with Crippen LogP contribution in [0.3, 0.4) is 0 Å². The summed E-state index contributed by atoms with van der Waals surface area (Å²) in [5, 5.41) is 3.21. The SMILES string of the molecule is CCNC(C)(C)C(=O)CCc1ccccc1. The van der Waals surface area contributed by atoms with Gasteiger partial charge >= 0.3 is 0 Å². The molecule has 88 valence electrons. The summed E-state index contributed by atoms with van der Waals surface area (Å²) in [6.45, 7) is 6.74. The fourth-order valence-electron chi connectivity index (χ4n) is 1.76. The summed E-state index contributed by atoms with van der Waals surface area (Å²) in [7, 11) is 0. The number of nitrogens with one attached hydrogen (secondary N) is 1. The number of benzene rings is 1. The fraction of sp³-hybridized carbons (Fsp3) is 0.500. The number of Topliss-reactive ketones (excluding diaryl/α,β-unsaturated/α-hetero) is 1. The van der Waals surface area contributed by atoms with Crippen molar-refractivity contribution >= 4 is 5.78 Å². The Kier molecular flexibility index (Phi) is 4.69. The number of carbonyl (C=O) groups is 1. The molecule has 2 nitrogen and oxygen atoms in total. The van der Waals surface area contributed by atoms with E-state index in [9.17, 15) is 4.79 Å². The first kappa shape index (κ1) is 12.9. The molecule has 0 aromatic heterocycles. The number of rotatable bonds is 6. The standard InChI is InChI=1S/C14H21NO/c1-4-15-14(2,3)13(16)11-10-12-8-6-5-7-9-12/h5-9,15H,4,10-11H2,1-3H3. The molecule has 0 saturated carbocycles. The van der Waals surface area contributed by atoms with Gasteiger partial charge < -0.3 is 5.32 Å². The molecule has 0 bridgehead atoms. The van der Waals surface area contributed by atoms with Crippen molar-refractivity contribution in [3.05, 3.63) is 35.9 Å². The van der Waals surface area contributed by atoms with E-state index in [0.29, 0.717) is 6.42 Å². The van der Waals surface area contributed by atoms with E-state index in [1.54, 1.807) is 0 Å². The molecule has 16 heavy (non-hydrogen) atoms. The Labute approximate surface area is 98.1 Å². The van der Waals surface area contributed by atoms with Crippen molar-refractivity contribution in [2.24, 2.45) is 0 Å². The Hall–Kier alpha value is -1.15. The maximum Gasteiger partial charge on any atom is 0.152 e. The second-order valence-electron chi connectivity index (χ2n) is 4.56. The first-order valence-corrected chi connectivity index (χ1v) is 5.88. The van der Waals surface area contributed by atoms with Crippen LogP contribution in [0, 0.1) is 0 Å². The molecule has 0 heterocycles. The van der Waals surface area contributed by atoms with E-state index in [1.165, 1.54) is 5.56 Å². The van der Waals surface area contributed by atoms with E-state index in [1.807, 2.05) is 39.0 Å². The van der Waals surface area contributed by atoms with Crippen LogP contribution in [-0.2, 0) is 11.2 Å². The lowest BCUT2D eigenvalue weighted by atomic mass is 9.94. The van der Waals surface area contributed by atoms with Gasteiger partial charge in [-0.1, -0.05) is 37.3 Å². The van der Waals surface area contributed by atoms with E-state index in [2.05, 4.69) is 17.4 Å². The van der Waals surface area contributed by atoms with Crippen LogP contribution in [0.25, 0.3) is 0 Å². The number of hydrogen-bond acceptors (Lipinski definition) is 2. The predicted molar refractivity (Wildman–Crippen MR) is 67.5 cm³/mol. The van der Waals surface area contributed by atoms with Crippen LogP contribution >= 0.6 is 0 Å². The molecular formula is C14H21NO. The normalized spacial score (nSPS) is 11.4. The van der Waals surface area contributed by atoms with Crippen molar-refractivity contribution < 1.29 is 4.79 Å². The van der Waals surface area contributed by atoms with Crippen LogP contribution in [0.1, 0.15) is 32.8 Å². The van der Waals surface area contributed by atoms with Gasteiger partial charge in [0.25, 0.3) is 0 Å². The maximum absolute atomic E-state index is 12.0. The van der Waals surface area contributed by atoms with Crippen molar-refractivity contribution in [3.8, 4) is 0 Å². The summed E-state index contributed by atoms with van der Waals surface area (Å²) in [4.78, 5) is 12.0. The molecule has 0 amide bonds. The van der Waals surface area contributed by atoms with E-state index in [0.717, 1.165) is 13.0 Å². The lowest BCUT2D eigenvalue weighted by Crippen LogP contribution is -2.46. The third-order valence-corrected chi connectivity index (χ3v) is 2.80. The monoisotopic (exact) mass is 219 g/mol. The highest BCUT2D eigenvalue weighted by atomic mass is 16.1. The fourth-order valence-corrected chi connectivity index (χ4v) is 1.76. The molecule has 1 aromatic rings. The molecule has 1 N–H and O–H groups in total. The van der Waals surface area contributed by atoms with Gasteiger partial charge in [0.05, 0.1) is 5.54 Å². The summed E-state index contributed by atoms with van der Waals surface area (Å²) in [5.74, 6) is 0.276. The van der Waals surface area contributed by atoms with Crippen LogP contribution in [0.15, 0.2) is 30.3 Å². The minimum atomic E-state index is -0.399. The maximum atomic E-state index is 12.0. The van der Waals surface area contributed by atoms with E-state index >= 15 is 0 Å². The summed E-state index contributed by atoms with van der Waals surface area (Å²) in [5.41, 5.74) is 0.826. The van der Waals surface area contributed by atoms with Crippen LogP contribution in [0.5, 0.6) is 0 Å². The molecule has 2 heteroatoms. The van der Waals surface area contributed by atoms with E-state index in [4.69, 9.17) is 0 Å². The van der Waals surface area contributed by atoms with Gasteiger partial charge in [-0.25, -0.2) is 0 Å².